The zero-order valence-electron chi connectivity index (χ0n) is 9.58. The summed E-state index contributed by atoms with van der Waals surface area (Å²) in [5, 5.41) is 0. The van der Waals surface area contributed by atoms with Gasteiger partial charge in [-0.15, -0.1) is 0 Å². The van der Waals surface area contributed by atoms with E-state index in [1.807, 2.05) is 6.07 Å². The van der Waals surface area contributed by atoms with Gasteiger partial charge in [0, 0.05) is 19.8 Å². The van der Waals surface area contributed by atoms with E-state index in [1.54, 1.807) is 19.2 Å². The van der Waals surface area contributed by atoms with Gasteiger partial charge >= 0.3 is 0 Å². The maximum atomic E-state index is 13.4. The van der Waals surface area contributed by atoms with E-state index in [2.05, 4.69) is 5.43 Å². The number of halogens is 1. The van der Waals surface area contributed by atoms with Gasteiger partial charge in [0.2, 0.25) is 0 Å². The smallest absolute Gasteiger partial charge is 0.126 e. The predicted octanol–water partition coefficient (Wildman–Crippen LogP) is 1.63. The van der Waals surface area contributed by atoms with Crippen molar-refractivity contribution < 1.29 is 9.13 Å². The van der Waals surface area contributed by atoms with Gasteiger partial charge < -0.3 is 4.74 Å². The molecule has 0 bridgehead atoms. The molecule has 1 aromatic carbocycles. The lowest BCUT2D eigenvalue weighted by molar-refractivity contribution is 0.188. The minimum atomic E-state index is -0.172. The van der Waals surface area contributed by atoms with Crippen molar-refractivity contribution in [2.75, 3.05) is 13.7 Å². The fourth-order valence-corrected chi connectivity index (χ4v) is 1.65. The number of nitrogens with two attached hydrogens (primary N) is 1. The van der Waals surface area contributed by atoms with Gasteiger partial charge in [0.1, 0.15) is 5.82 Å². The van der Waals surface area contributed by atoms with E-state index < -0.39 is 0 Å². The third-order valence-electron chi connectivity index (χ3n) is 2.56. The molecule has 1 rings (SSSR count). The van der Waals surface area contributed by atoms with Gasteiger partial charge in [-0.25, -0.2) is 4.39 Å². The summed E-state index contributed by atoms with van der Waals surface area (Å²) in [7, 11) is 1.67. The summed E-state index contributed by atoms with van der Waals surface area (Å²) >= 11 is 0. The van der Waals surface area contributed by atoms with E-state index >= 15 is 0 Å². The fraction of sp³-hybridized carbons (Fsp3) is 0.500. The number of ether oxygens (including phenoxy) is 1. The summed E-state index contributed by atoms with van der Waals surface area (Å²) in [6, 6.07) is 6.87. The number of hydrogen-bond donors (Lipinski definition) is 2. The maximum Gasteiger partial charge on any atom is 0.126 e. The van der Waals surface area contributed by atoms with Gasteiger partial charge in [-0.3, -0.25) is 11.3 Å². The summed E-state index contributed by atoms with van der Waals surface area (Å²) in [6.45, 7) is 0.704. The first kappa shape index (κ1) is 13.1. The van der Waals surface area contributed by atoms with E-state index in [0.29, 0.717) is 18.6 Å². The third-order valence-corrected chi connectivity index (χ3v) is 2.56. The van der Waals surface area contributed by atoms with E-state index in [1.165, 1.54) is 6.07 Å². The molecule has 0 radical (unpaired) electrons. The van der Waals surface area contributed by atoms with Crippen LogP contribution in [0.15, 0.2) is 24.3 Å². The largest absolute Gasteiger partial charge is 0.385 e. The second-order valence-corrected chi connectivity index (χ2v) is 3.79. The quantitative estimate of drug-likeness (QED) is 0.422. The van der Waals surface area contributed by atoms with Crippen LogP contribution < -0.4 is 11.3 Å². The van der Waals surface area contributed by atoms with Crippen LogP contribution in [0.4, 0.5) is 4.39 Å². The number of rotatable bonds is 7. The molecule has 90 valence electrons. The number of hydrogen-bond acceptors (Lipinski definition) is 3. The normalized spacial score (nSPS) is 12.7. The molecule has 16 heavy (non-hydrogen) atoms. The van der Waals surface area contributed by atoms with Crippen molar-refractivity contribution >= 4 is 0 Å². The molecule has 0 aliphatic rings. The maximum absolute atomic E-state index is 13.4. The molecule has 1 atom stereocenters. The molecular weight excluding hydrogens is 207 g/mol. The molecule has 3 nitrogen and oxygen atoms in total. The third kappa shape index (κ3) is 4.26. The summed E-state index contributed by atoms with van der Waals surface area (Å²) in [5.41, 5.74) is 3.41. The van der Waals surface area contributed by atoms with Crippen molar-refractivity contribution in [3.8, 4) is 0 Å². The molecule has 0 aliphatic carbocycles. The molecule has 0 saturated carbocycles. The highest BCUT2D eigenvalue weighted by Crippen LogP contribution is 2.11. The molecule has 0 aliphatic heterocycles. The van der Waals surface area contributed by atoms with Crippen LogP contribution in [0.25, 0.3) is 0 Å². The van der Waals surface area contributed by atoms with Gasteiger partial charge in [-0.1, -0.05) is 18.2 Å². The SMILES string of the molecule is COCCCC(Cc1ccccc1F)NN. The van der Waals surface area contributed by atoms with E-state index in [9.17, 15) is 4.39 Å². The molecule has 0 heterocycles. The monoisotopic (exact) mass is 226 g/mol. The standard InChI is InChI=1S/C12H19FN2O/c1-16-8-4-6-11(15-14)9-10-5-2-3-7-12(10)13/h2-3,5,7,11,15H,4,6,8-9,14H2,1H3. The predicted molar refractivity (Wildman–Crippen MR) is 62.3 cm³/mol. The lowest BCUT2D eigenvalue weighted by atomic mass is 10.0. The van der Waals surface area contributed by atoms with E-state index in [4.69, 9.17) is 10.6 Å². The Morgan fingerprint density at radius 3 is 2.81 bits per heavy atom. The van der Waals surface area contributed by atoms with Crippen molar-refractivity contribution in [1.82, 2.24) is 5.43 Å². The molecular formula is C12H19FN2O. The van der Waals surface area contributed by atoms with Crippen LogP contribution in [-0.2, 0) is 11.2 Å². The fourth-order valence-electron chi connectivity index (χ4n) is 1.65. The van der Waals surface area contributed by atoms with Crippen molar-refractivity contribution in [3.63, 3.8) is 0 Å². The highest BCUT2D eigenvalue weighted by Gasteiger charge is 2.10. The highest BCUT2D eigenvalue weighted by atomic mass is 19.1. The average Bonchev–Trinajstić information content (AvgIpc) is 2.30. The second-order valence-electron chi connectivity index (χ2n) is 3.79. The Morgan fingerprint density at radius 2 is 2.19 bits per heavy atom. The van der Waals surface area contributed by atoms with Gasteiger partial charge in [0.15, 0.2) is 0 Å². The number of hydrazine groups is 1. The molecule has 1 aromatic rings. The molecule has 0 spiro atoms. The summed E-state index contributed by atoms with van der Waals surface area (Å²) in [5.74, 6) is 5.27. The number of benzene rings is 1. The van der Waals surface area contributed by atoms with Gasteiger partial charge in [0.05, 0.1) is 0 Å². The van der Waals surface area contributed by atoms with Crippen molar-refractivity contribution in [1.29, 1.82) is 0 Å². The Morgan fingerprint density at radius 1 is 1.44 bits per heavy atom. The zero-order valence-corrected chi connectivity index (χ0v) is 9.58. The Labute approximate surface area is 95.8 Å². The number of methoxy groups -OCH3 is 1. The summed E-state index contributed by atoms with van der Waals surface area (Å²) in [4.78, 5) is 0. The highest BCUT2D eigenvalue weighted by molar-refractivity contribution is 5.18. The first-order valence-electron chi connectivity index (χ1n) is 5.46. The minimum absolute atomic E-state index is 0.0899. The Bertz CT molecular complexity index is 307. The first-order chi connectivity index (χ1) is 7.77. The van der Waals surface area contributed by atoms with Crippen molar-refractivity contribution in [2.45, 2.75) is 25.3 Å². The minimum Gasteiger partial charge on any atom is -0.385 e. The molecule has 0 fully saturated rings. The van der Waals surface area contributed by atoms with Crippen molar-refractivity contribution in [3.05, 3.63) is 35.6 Å². The van der Waals surface area contributed by atoms with Gasteiger partial charge in [-0.2, -0.15) is 0 Å². The van der Waals surface area contributed by atoms with Crippen LogP contribution in [0.1, 0.15) is 18.4 Å². The topological polar surface area (TPSA) is 47.3 Å². The van der Waals surface area contributed by atoms with Gasteiger partial charge in [-0.05, 0) is 30.9 Å². The van der Waals surface area contributed by atoms with E-state index in [0.717, 1.165) is 12.8 Å². The zero-order chi connectivity index (χ0) is 11.8. The van der Waals surface area contributed by atoms with Crippen LogP contribution in [0.5, 0.6) is 0 Å². The lowest BCUT2D eigenvalue weighted by Gasteiger charge is -2.15. The summed E-state index contributed by atoms with van der Waals surface area (Å²) in [6.07, 6.45) is 2.39. The second kappa shape index (κ2) is 7.33. The molecule has 0 aromatic heterocycles. The Balaban J connectivity index is 2.46. The van der Waals surface area contributed by atoms with Crippen LogP contribution in [0, 0.1) is 5.82 Å². The van der Waals surface area contributed by atoms with E-state index in [-0.39, 0.29) is 11.9 Å². The van der Waals surface area contributed by atoms with Crippen LogP contribution in [0.2, 0.25) is 0 Å². The molecule has 0 saturated heterocycles. The average molecular weight is 226 g/mol. The summed E-state index contributed by atoms with van der Waals surface area (Å²) < 4.78 is 18.3. The van der Waals surface area contributed by atoms with Crippen LogP contribution in [0.3, 0.4) is 0 Å². The molecule has 1 unspecified atom stereocenters. The van der Waals surface area contributed by atoms with Crippen LogP contribution in [-0.4, -0.2) is 19.8 Å². The Kier molecular flexibility index (Phi) is 6.00. The van der Waals surface area contributed by atoms with Crippen molar-refractivity contribution in [2.24, 2.45) is 5.84 Å². The van der Waals surface area contributed by atoms with Gasteiger partial charge in [0.25, 0.3) is 0 Å². The lowest BCUT2D eigenvalue weighted by Crippen LogP contribution is -2.37. The molecule has 3 N–H and O–H groups in total. The molecule has 0 amide bonds. The Hall–Kier alpha value is -0.970. The molecule has 4 heteroatoms. The number of nitrogens with one attached hydrogen (secondary N) is 1. The first-order valence-corrected chi connectivity index (χ1v) is 5.46. The van der Waals surface area contributed by atoms with Crippen LogP contribution >= 0.6 is 0 Å².